The molecule has 0 spiro atoms. The highest BCUT2D eigenvalue weighted by molar-refractivity contribution is 9.10. The second kappa shape index (κ2) is 7.11. The predicted molar refractivity (Wildman–Crippen MR) is 105 cm³/mol. The summed E-state index contributed by atoms with van der Waals surface area (Å²) in [5.41, 5.74) is 0.982. The average Bonchev–Trinajstić information content (AvgIpc) is 2.92. The maximum atomic E-state index is 13.1. The minimum atomic E-state index is -4.20. The van der Waals surface area contributed by atoms with E-state index in [9.17, 15) is 18.3 Å². The summed E-state index contributed by atoms with van der Waals surface area (Å²) in [6.45, 7) is -0.750. The van der Waals surface area contributed by atoms with Gasteiger partial charge in [-0.05, 0) is 52.3 Å². The quantitative estimate of drug-likeness (QED) is 0.565. The van der Waals surface area contributed by atoms with Crippen LogP contribution in [0.4, 0.5) is 5.69 Å². The monoisotopic (exact) mass is 476 g/mol. The topological polar surface area (TPSA) is 90.5 Å². The molecule has 1 aromatic heterocycles. The molecule has 0 aliphatic rings. The first kappa shape index (κ1) is 19.0. The van der Waals surface area contributed by atoms with Crippen molar-refractivity contribution in [2.75, 3.05) is 10.8 Å². The van der Waals surface area contributed by atoms with Crippen molar-refractivity contribution in [1.82, 2.24) is 4.98 Å². The van der Waals surface area contributed by atoms with Crippen molar-refractivity contribution in [3.8, 4) is 0 Å². The van der Waals surface area contributed by atoms with Gasteiger partial charge in [0.15, 0.2) is 0 Å². The molecule has 1 heterocycles. The Kier molecular flexibility index (Phi) is 5.21. The zero-order valence-electron chi connectivity index (χ0n) is 12.9. The number of rotatable bonds is 5. The van der Waals surface area contributed by atoms with Crippen LogP contribution < -0.4 is 4.31 Å². The van der Waals surface area contributed by atoms with E-state index in [1.165, 1.54) is 24.3 Å². The highest BCUT2D eigenvalue weighted by Gasteiger charge is 2.28. The third-order valence-corrected chi connectivity index (χ3v) is 6.45. The van der Waals surface area contributed by atoms with Gasteiger partial charge in [-0.1, -0.05) is 23.2 Å². The molecule has 0 amide bonds. The van der Waals surface area contributed by atoms with Gasteiger partial charge >= 0.3 is 5.97 Å². The third kappa shape index (κ3) is 3.68. The normalized spacial score (nSPS) is 11.7. The van der Waals surface area contributed by atoms with E-state index in [2.05, 4.69) is 20.9 Å². The third-order valence-electron chi connectivity index (χ3n) is 3.61. The fourth-order valence-electron chi connectivity index (χ4n) is 2.47. The summed E-state index contributed by atoms with van der Waals surface area (Å²) in [7, 11) is -4.20. The van der Waals surface area contributed by atoms with Crippen molar-refractivity contribution in [3.63, 3.8) is 0 Å². The molecule has 0 saturated heterocycles. The van der Waals surface area contributed by atoms with Crippen LogP contribution in [-0.4, -0.2) is 31.0 Å². The summed E-state index contributed by atoms with van der Waals surface area (Å²) in [6, 6.07) is 8.63. The summed E-state index contributed by atoms with van der Waals surface area (Å²) < 4.78 is 27.6. The zero-order chi connectivity index (χ0) is 19.1. The highest BCUT2D eigenvalue weighted by atomic mass is 79.9. The molecule has 0 fully saturated rings. The molecule has 0 radical (unpaired) electrons. The smallest absolute Gasteiger partial charge is 0.324 e. The Bertz CT molecular complexity index is 1090. The summed E-state index contributed by atoms with van der Waals surface area (Å²) in [5, 5.41) is 10.2. The Labute approximate surface area is 167 Å². The number of aromatic amines is 1. The predicted octanol–water partition coefficient (Wildman–Crippen LogP) is 4.52. The summed E-state index contributed by atoms with van der Waals surface area (Å²) >= 11 is 15.2. The van der Waals surface area contributed by atoms with Gasteiger partial charge in [0.25, 0.3) is 10.0 Å². The number of carbonyl (C=O) groups is 1. The number of aliphatic carboxylic acids is 1. The molecule has 0 aliphatic carbocycles. The van der Waals surface area contributed by atoms with Crippen LogP contribution in [0.15, 0.2) is 52.0 Å². The molecule has 2 N–H and O–H groups in total. The number of hydrogen-bond acceptors (Lipinski definition) is 3. The molecule has 0 saturated carbocycles. The van der Waals surface area contributed by atoms with Gasteiger partial charge in [-0.2, -0.15) is 0 Å². The first-order valence-electron chi connectivity index (χ1n) is 7.16. The first-order valence-corrected chi connectivity index (χ1v) is 10.1. The van der Waals surface area contributed by atoms with Gasteiger partial charge in [0.05, 0.1) is 10.6 Å². The van der Waals surface area contributed by atoms with Crippen LogP contribution in [0.5, 0.6) is 0 Å². The number of anilines is 1. The molecule has 10 heteroatoms. The van der Waals surface area contributed by atoms with Gasteiger partial charge in [-0.3, -0.25) is 9.10 Å². The SMILES string of the molecule is O=C(O)CN(c1ccc2[nH]cc(Br)c2c1)S(=O)(=O)c1cc(Cl)cc(Cl)c1. The Morgan fingerprint density at radius 3 is 2.42 bits per heavy atom. The molecule has 0 unspecified atom stereocenters. The lowest BCUT2D eigenvalue weighted by Crippen LogP contribution is -2.35. The molecule has 26 heavy (non-hydrogen) atoms. The number of fused-ring (bicyclic) bond motifs is 1. The standard InChI is InChI=1S/C16H11BrCl2N2O4S/c17-14-7-20-15-2-1-11(6-13(14)15)21(8-16(22)23)26(24,25)12-4-9(18)3-10(19)5-12/h1-7,20H,8H2,(H,22,23). The molecule has 0 aliphatic heterocycles. The Balaban J connectivity index is 2.17. The van der Waals surface area contributed by atoms with Crippen molar-refractivity contribution in [2.24, 2.45) is 0 Å². The molecule has 2 aromatic carbocycles. The number of carboxylic acid groups (broad SMARTS) is 1. The van der Waals surface area contributed by atoms with Crippen molar-refractivity contribution in [3.05, 3.63) is 57.1 Å². The lowest BCUT2D eigenvalue weighted by molar-refractivity contribution is -0.135. The summed E-state index contributed by atoms with van der Waals surface area (Å²) in [6.07, 6.45) is 1.71. The van der Waals surface area contributed by atoms with Gasteiger partial charge in [-0.15, -0.1) is 0 Å². The van der Waals surface area contributed by atoms with Gasteiger partial charge in [0.2, 0.25) is 0 Å². The fraction of sp³-hybridized carbons (Fsp3) is 0.0625. The van der Waals surface area contributed by atoms with Gasteiger partial charge < -0.3 is 10.1 Å². The minimum absolute atomic E-state index is 0.134. The lowest BCUT2D eigenvalue weighted by Gasteiger charge is -2.23. The van der Waals surface area contributed by atoms with E-state index in [1.807, 2.05) is 0 Å². The first-order chi connectivity index (χ1) is 12.2. The summed E-state index contributed by atoms with van der Waals surface area (Å²) in [5.74, 6) is -1.30. The number of nitrogens with one attached hydrogen (secondary N) is 1. The van der Waals surface area contributed by atoms with Crippen LogP contribution in [0.25, 0.3) is 10.9 Å². The van der Waals surface area contributed by atoms with Crippen molar-refractivity contribution < 1.29 is 18.3 Å². The molecule has 136 valence electrons. The maximum absolute atomic E-state index is 13.1. The van der Waals surface area contributed by atoms with Crippen LogP contribution in [0, 0.1) is 0 Å². The number of benzene rings is 2. The van der Waals surface area contributed by atoms with E-state index in [-0.39, 0.29) is 20.6 Å². The number of carboxylic acids is 1. The molecule has 3 aromatic rings. The van der Waals surface area contributed by atoms with Crippen LogP contribution in [-0.2, 0) is 14.8 Å². The highest BCUT2D eigenvalue weighted by Crippen LogP contribution is 2.32. The number of nitrogens with zero attached hydrogens (tertiary/aromatic N) is 1. The van der Waals surface area contributed by atoms with Crippen LogP contribution in [0.3, 0.4) is 0 Å². The molecule has 3 rings (SSSR count). The van der Waals surface area contributed by atoms with E-state index in [0.29, 0.717) is 0 Å². The number of hydrogen-bond donors (Lipinski definition) is 2. The maximum Gasteiger partial charge on any atom is 0.324 e. The Morgan fingerprint density at radius 1 is 1.15 bits per heavy atom. The second-order valence-electron chi connectivity index (χ2n) is 5.38. The minimum Gasteiger partial charge on any atom is -0.480 e. The van der Waals surface area contributed by atoms with E-state index in [0.717, 1.165) is 19.7 Å². The molecule has 0 atom stereocenters. The van der Waals surface area contributed by atoms with E-state index >= 15 is 0 Å². The van der Waals surface area contributed by atoms with E-state index in [1.54, 1.807) is 18.3 Å². The van der Waals surface area contributed by atoms with E-state index in [4.69, 9.17) is 23.2 Å². The largest absolute Gasteiger partial charge is 0.480 e. The van der Waals surface area contributed by atoms with Crippen molar-refractivity contribution in [2.45, 2.75) is 4.90 Å². The second-order valence-corrected chi connectivity index (χ2v) is 8.97. The number of H-pyrrole nitrogens is 1. The molecule has 0 bridgehead atoms. The van der Waals surface area contributed by atoms with Crippen molar-refractivity contribution in [1.29, 1.82) is 0 Å². The Hall–Kier alpha value is -1.74. The average molecular weight is 478 g/mol. The van der Waals surface area contributed by atoms with Gasteiger partial charge in [0, 0.05) is 31.6 Å². The van der Waals surface area contributed by atoms with Crippen LogP contribution in [0.1, 0.15) is 0 Å². The van der Waals surface area contributed by atoms with Crippen LogP contribution >= 0.6 is 39.1 Å². The number of sulfonamides is 1. The van der Waals surface area contributed by atoms with Gasteiger partial charge in [-0.25, -0.2) is 8.42 Å². The fourth-order valence-corrected chi connectivity index (χ4v) is 5.05. The molecule has 6 nitrogen and oxygen atoms in total. The number of halogens is 3. The number of aromatic nitrogens is 1. The van der Waals surface area contributed by atoms with Crippen LogP contribution in [0.2, 0.25) is 10.0 Å². The lowest BCUT2D eigenvalue weighted by atomic mass is 10.2. The zero-order valence-corrected chi connectivity index (χ0v) is 16.8. The molecular formula is C16H11BrCl2N2O4S. The van der Waals surface area contributed by atoms with Crippen molar-refractivity contribution >= 4 is 71.7 Å². The summed E-state index contributed by atoms with van der Waals surface area (Å²) in [4.78, 5) is 14.1. The molecular weight excluding hydrogens is 467 g/mol. The van der Waals surface area contributed by atoms with E-state index < -0.39 is 22.5 Å². The Morgan fingerprint density at radius 2 is 1.81 bits per heavy atom. The van der Waals surface area contributed by atoms with Gasteiger partial charge in [0.1, 0.15) is 6.54 Å².